The molecule has 0 aromatic carbocycles. The van der Waals surface area contributed by atoms with Crippen LogP contribution in [-0.4, -0.2) is 5.78 Å². The van der Waals surface area contributed by atoms with Gasteiger partial charge in [-0.25, -0.2) is 0 Å². The Morgan fingerprint density at radius 2 is 2.00 bits per heavy atom. The van der Waals surface area contributed by atoms with Crippen molar-refractivity contribution in [3.05, 3.63) is 23.8 Å². The number of Topliss-reactive ketones (excluding diaryl/α,β-unsaturated/α-hetero) is 1. The van der Waals surface area contributed by atoms with E-state index in [0.29, 0.717) is 18.6 Å². The number of allylic oxidation sites excluding steroid dienone is 3. The van der Waals surface area contributed by atoms with E-state index in [0.717, 1.165) is 19.3 Å². The maximum Gasteiger partial charge on any atom is 0.136 e. The number of carbonyl (C=O) groups excluding carboxylic acids is 1. The molecule has 0 aromatic rings. The van der Waals surface area contributed by atoms with E-state index in [4.69, 9.17) is 0 Å². The highest BCUT2D eigenvalue weighted by Crippen LogP contribution is 2.09. The van der Waals surface area contributed by atoms with Gasteiger partial charge in [-0.05, 0) is 33.1 Å². The van der Waals surface area contributed by atoms with Crippen molar-refractivity contribution in [2.24, 2.45) is 0 Å². The predicted molar refractivity (Wildman–Crippen MR) is 62.3 cm³/mol. The first kappa shape index (κ1) is 13.2. The third-order valence-corrected chi connectivity index (χ3v) is 2.17. The van der Waals surface area contributed by atoms with Crippen LogP contribution in [0.15, 0.2) is 23.8 Å². The minimum atomic E-state index is 0.332. The number of ketones is 1. The molecule has 0 aliphatic rings. The Balaban J connectivity index is 3.66. The minimum absolute atomic E-state index is 0.332. The molecule has 0 saturated carbocycles. The van der Waals surface area contributed by atoms with Crippen LogP contribution in [0.1, 0.15) is 52.9 Å². The Hall–Kier alpha value is -0.850. The molecule has 0 heterocycles. The molecule has 0 saturated heterocycles. The number of hydrogen-bond donors (Lipinski definition) is 0. The molecule has 0 aliphatic heterocycles. The molecule has 0 bridgehead atoms. The van der Waals surface area contributed by atoms with Crippen molar-refractivity contribution >= 4 is 5.78 Å². The fourth-order valence-corrected chi connectivity index (χ4v) is 1.26. The Bertz CT molecular complexity index is 223. The number of rotatable bonds is 7. The summed E-state index contributed by atoms with van der Waals surface area (Å²) in [6.07, 6.45) is 6.76. The zero-order valence-corrected chi connectivity index (χ0v) is 9.73. The van der Waals surface area contributed by atoms with Gasteiger partial charge in [0, 0.05) is 12.8 Å². The summed E-state index contributed by atoms with van der Waals surface area (Å²) in [7, 11) is 0. The van der Waals surface area contributed by atoms with Crippen LogP contribution in [0.4, 0.5) is 0 Å². The standard InChI is InChI=1S/C13H22O/c1-5-13(14)10-12(4)9-7-6-8-11(2)3/h9H,2,5-8,10H2,1,3-4H3. The molecule has 0 fully saturated rings. The van der Waals surface area contributed by atoms with Gasteiger partial charge in [0.15, 0.2) is 0 Å². The van der Waals surface area contributed by atoms with Gasteiger partial charge >= 0.3 is 0 Å². The second-order valence-electron chi connectivity index (χ2n) is 3.97. The summed E-state index contributed by atoms with van der Waals surface area (Å²) in [5.74, 6) is 0.332. The summed E-state index contributed by atoms with van der Waals surface area (Å²) >= 11 is 0. The van der Waals surface area contributed by atoms with Gasteiger partial charge in [-0.15, -0.1) is 6.58 Å². The molecule has 14 heavy (non-hydrogen) atoms. The van der Waals surface area contributed by atoms with Crippen molar-refractivity contribution in [2.45, 2.75) is 52.9 Å². The van der Waals surface area contributed by atoms with Crippen molar-refractivity contribution in [2.75, 3.05) is 0 Å². The Morgan fingerprint density at radius 3 is 2.50 bits per heavy atom. The number of hydrogen-bond acceptors (Lipinski definition) is 1. The van der Waals surface area contributed by atoms with Gasteiger partial charge in [-0.2, -0.15) is 0 Å². The van der Waals surface area contributed by atoms with Crippen molar-refractivity contribution < 1.29 is 4.79 Å². The van der Waals surface area contributed by atoms with E-state index in [1.807, 2.05) is 13.8 Å². The van der Waals surface area contributed by atoms with Crippen LogP contribution in [0.3, 0.4) is 0 Å². The van der Waals surface area contributed by atoms with E-state index in [-0.39, 0.29) is 0 Å². The SMILES string of the molecule is C=C(C)CCCC=C(C)CC(=O)CC. The molecule has 0 aromatic heterocycles. The Labute approximate surface area is 87.9 Å². The zero-order valence-electron chi connectivity index (χ0n) is 9.73. The fourth-order valence-electron chi connectivity index (χ4n) is 1.26. The summed E-state index contributed by atoms with van der Waals surface area (Å²) in [4.78, 5) is 11.1. The smallest absolute Gasteiger partial charge is 0.136 e. The van der Waals surface area contributed by atoms with Gasteiger partial charge in [-0.3, -0.25) is 4.79 Å². The predicted octanol–water partition coefficient (Wildman–Crippen LogP) is 4.05. The van der Waals surface area contributed by atoms with E-state index in [1.54, 1.807) is 0 Å². The Morgan fingerprint density at radius 1 is 1.36 bits per heavy atom. The average Bonchev–Trinajstić information content (AvgIpc) is 2.12. The summed E-state index contributed by atoms with van der Waals surface area (Å²) in [5, 5.41) is 0. The summed E-state index contributed by atoms with van der Waals surface area (Å²) in [6, 6.07) is 0. The van der Waals surface area contributed by atoms with E-state index in [2.05, 4.69) is 19.6 Å². The van der Waals surface area contributed by atoms with Gasteiger partial charge in [0.1, 0.15) is 5.78 Å². The van der Waals surface area contributed by atoms with Crippen LogP contribution in [0.2, 0.25) is 0 Å². The van der Waals surface area contributed by atoms with E-state index < -0.39 is 0 Å². The summed E-state index contributed by atoms with van der Waals surface area (Å²) in [6.45, 7) is 9.86. The average molecular weight is 194 g/mol. The molecule has 80 valence electrons. The van der Waals surface area contributed by atoms with Crippen LogP contribution in [0, 0.1) is 0 Å². The highest BCUT2D eigenvalue weighted by molar-refractivity contribution is 5.80. The zero-order chi connectivity index (χ0) is 11.0. The molecular weight excluding hydrogens is 172 g/mol. The largest absolute Gasteiger partial charge is 0.299 e. The van der Waals surface area contributed by atoms with Crippen molar-refractivity contribution in [3.63, 3.8) is 0 Å². The van der Waals surface area contributed by atoms with Crippen molar-refractivity contribution in [1.29, 1.82) is 0 Å². The second-order valence-corrected chi connectivity index (χ2v) is 3.97. The molecule has 1 heteroatoms. The van der Waals surface area contributed by atoms with Crippen molar-refractivity contribution in [1.82, 2.24) is 0 Å². The third kappa shape index (κ3) is 7.78. The van der Waals surface area contributed by atoms with Gasteiger partial charge in [0.25, 0.3) is 0 Å². The van der Waals surface area contributed by atoms with Gasteiger partial charge < -0.3 is 0 Å². The second kappa shape index (κ2) is 7.54. The van der Waals surface area contributed by atoms with E-state index >= 15 is 0 Å². The lowest BCUT2D eigenvalue weighted by Gasteiger charge is -2.00. The lowest BCUT2D eigenvalue weighted by Crippen LogP contribution is -1.95. The highest BCUT2D eigenvalue weighted by Gasteiger charge is 1.98. The molecule has 0 radical (unpaired) electrons. The van der Waals surface area contributed by atoms with Crippen LogP contribution < -0.4 is 0 Å². The molecule has 1 nitrogen and oxygen atoms in total. The first-order chi connectivity index (χ1) is 6.56. The lowest BCUT2D eigenvalue weighted by molar-refractivity contribution is -0.118. The first-order valence-corrected chi connectivity index (χ1v) is 5.38. The first-order valence-electron chi connectivity index (χ1n) is 5.38. The minimum Gasteiger partial charge on any atom is -0.299 e. The lowest BCUT2D eigenvalue weighted by atomic mass is 10.1. The maximum atomic E-state index is 11.1. The van der Waals surface area contributed by atoms with Crippen LogP contribution in [0.5, 0.6) is 0 Å². The molecule has 0 N–H and O–H groups in total. The maximum absolute atomic E-state index is 11.1. The highest BCUT2D eigenvalue weighted by atomic mass is 16.1. The molecule has 0 rings (SSSR count). The summed E-state index contributed by atoms with van der Waals surface area (Å²) in [5.41, 5.74) is 2.44. The monoisotopic (exact) mass is 194 g/mol. The molecule has 0 unspecified atom stereocenters. The van der Waals surface area contributed by atoms with Crippen LogP contribution in [0.25, 0.3) is 0 Å². The van der Waals surface area contributed by atoms with E-state index in [9.17, 15) is 4.79 Å². The molecule has 0 aliphatic carbocycles. The third-order valence-electron chi connectivity index (χ3n) is 2.17. The normalized spacial score (nSPS) is 11.5. The molecule has 0 atom stereocenters. The van der Waals surface area contributed by atoms with E-state index in [1.165, 1.54) is 11.1 Å². The number of unbranched alkanes of at least 4 members (excludes halogenated alkanes) is 1. The fraction of sp³-hybridized carbons (Fsp3) is 0.615. The van der Waals surface area contributed by atoms with Gasteiger partial charge in [0.2, 0.25) is 0 Å². The van der Waals surface area contributed by atoms with Crippen LogP contribution in [-0.2, 0) is 4.79 Å². The molecular formula is C13H22O. The number of carbonyl (C=O) groups is 1. The quantitative estimate of drug-likeness (QED) is 0.441. The van der Waals surface area contributed by atoms with Crippen LogP contribution >= 0.6 is 0 Å². The summed E-state index contributed by atoms with van der Waals surface area (Å²) < 4.78 is 0. The Kier molecular flexibility index (Phi) is 7.09. The molecule has 0 spiro atoms. The van der Waals surface area contributed by atoms with Gasteiger partial charge in [-0.1, -0.05) is 24.1 Å². The van der Waals surface area contributed by atoms with Gasteiger partial charge in [0.05, 0.1) is 0 Å². The topological polar surface area (TPSA) is 17.1 Å². The molecule has 0 amide bonds. The van der Waals surface area contributed by atoms with Crippen molar-refractivity contribution in [3.8, 4) is 0 Å².